The molecule has 0 bridgehead atoms. The Balaban J connectivity index is 1.97. The third kappa shape index (κ3) is 4.32. The first-order valence-electron chi connectivity index (χ1n) is 6.84. The van der Waals surface area contributed by atoms with E-state index in [-0.39, 0.29) is 11.9 Å². The fraction of sp³-hybridized carbons (Fsp3) is 0.294. The van der Waals surface area contributed by atoms with Crippen molar-refractivity contribution in [1.82, 2.24) is 5.32 Å². The lowest BCUT2D eigenvalue weighted by molar-refractivity contribution is 0.518. The third-order valence-corrected chi connectivity index (χ3v) is 3.88. The van der Waals surface area contributed by atoms with E-state index in [0.717, 1.165) is 24.8 Å². The summed E-state index contributed by atoms with van der Waals surface area (Å²) in [4.78, 5) is 0. The van der Waals surface area contributed by atoms with Crippen molar-refractivity contribution < 1.29 is 4.39 Å². The molecule has 1 unspecified atom stereocenters. The molecule has 0 saturated carbocycles. The Bertz CT molecular complexity index is 542. The van der Waals surface area contributed by atoms with Gasteiger partial charge in [-0.3, -0.25) is 0 Å². The van der Waals surface area contributed by atoms with E-state index in [1.54, 1.807) is 6.07 Å². The minimum Gasteiger partial charge on any atom is -0.317 e. The molecule has 20 heavy (non-hydrogen) atoms. The summed E-state index contributed by atoms with van der Waals surface area (Å²) in [6, 6.07) is 15.2. The van der Waals surface area contributed by atoms with Crippen molar-refractivity contribution in [2.45, 2.75) is 25.3 Å². The van der Waals surface area contributed by atoms with Gasteiger partial charge in [0.1, 0.15) is 5.82 Å². The molecule has 0 aromatic heterocycles. The van der Waals surface area contributed by atoms with Crippen molar-refractivity contribution in [3.8, 4) is 0 Å². The fourth-order valence-corrected chi connectivity index (χ4v) is 2.49. The van der Waals surface area contributed by atoms with Crippen molar-refractivity contribution in [2.24, 2.45) is 0 Å². The highest BCUT2D eigenvalue weighted by atomic mass is 35.5. The van der Waals surface area contributed by atoms with Crippen LogP contribution in [-0.2, 0) is 12.8 Å². The zero-order chi connectivity index (χ0) is 14.4. The van der Waals surface area contributed by atoms with Crippen LogP contribution < -0.4 is 5.32 Å². The van der Waals surface area contributed by atoms with Gasteiger partial charge in [-0.2, -0.15) is 0 Å². The molecule has 0 spiro atoms. The first-order valence-corrected chi connectivity index (χ1v) is 7.22. The minimum absolute atomic E-state index is 0.234. The molecule has 0 heterocycles. The first-order chi connectivity index (χ1) is 9.69. The van der Waals surface area contributed by atoms with Crippen molar-refractivity contribution in [1.29, 1.82) is 0 Å². The Morgan fingerprint density at radius 3 is 2.60 bits per heavy atom. The van der Waals surface area contributed by atoms with Gasteiger partial charge in [0.2, 0.25) is 0 Å². The highest BCUT2D eigenvalue weighted by Gasteiger charge is 2.11. The average molecular weight is 292 g/mol. The average Bonchev–Trinajstić information content (AvgIpc) is 2.48. The second-order valence-electron chi connectivity index (χ2n) is 4.95. The molecule has 3 heteroatoms. The number of halogens is 2. The molecule has 1 N–H and O–H groups in total. The molecule has 2 aromatic carbocycles. The quantitative estimate of drug-likeness (QED) is 0.839. The zero-order valence-corrected chi connectivity index (χ0v) is 12.3. The van der Waals surface area contributed by atoms with E-state index in [4.69, 9.17) is 11.6 Å². The van der Waals surface area contributed by atoms with E-state index in [0.29, 0.717) is 5.02 Å². The predicted octanol–water partition coefficient (Wildman–Crippen LogP) is 4.24. The summed E-state index contributed by atoms with van der Waals surface area (Å²) in [7, 11) is 1.93. The maximum absolute atomic E-state index is 13.3. The highest BCUT2D eigenvalue weighted by Crippen LogP contribution is 2.20. The van der Waals surface area contributed by atoms with Gasteiger partial charge in [-0.1, -0.05) is 41.9 Å². The minimum atomic E-state index is -0.234. The van der Waals surface area contributed by atoms with Gasteiger partial charge in [-0.25, -0.2) is 4.39 Å². The van der Waals surface area contributed by atoms with Gasteiger partial charge in [0.15, 0.2) is 0 Å². The van der Waals surface area contributed by atoms with E-state index in [9.17, 15) is 4.39 Å². The standard InChI is InChI=1S/C17H19ClFN/c1-20-16(9-7-13-5-3-2-4-6-13)12-14-11-15(19)8-10-17(14)18/h2-6,8,10-11,16,20H,7,9,12H2,1H3. The second-order valence-corrected chi connectivity index (χ2v) is 5.36. The molecule has 0 radical (unpaired) electrons. The number of aryl methyl sites for hydroxylation is 1. The lowest BCUT2D eigenvalue weighted by Crippen LogP contribution is -2.28. The van der Waals surface area contributed by atoms with Crippen LogP contribution in [0.5, 0.6) is 0 Å². The van der Waals surface area contributed by atoms with Gasteiger partial charge in [0.25, 0.3) is 0 Å². The molecule has 0 fully saturated rings. The zero-order valence-electron chi connectivity index (χ0n) is 11.6. The maximum Gasteiger partial charge on any atom is 0.123 e. The smallest absolute Gasteiger partial charge is 0.123 e. The van der Waals surface area contributed by atoms with Crippen molar-refractivity contribution in [2.75, 3.05) is 7.05 Å². The summed E-state index contributed by atoms with van der Waals surface area (Å²) in [5.74, 6) is -0.234. The summed E-state index contributed by atoms with van der Waals surface area (Å²) in [6.45, 7) is 0. The predicted molar refractivity (Wildman–Crippen MR) is 82.7 cm³/mol. The molecule has 2 rings (SSSR count). The van der Waals surface area contributed by atoms with Gasteiger partial charge in [0.05, 0.1) is 0 Å². The van der Waals surface area contributed by atoms with Crippen molar-refractivity contribution in [3.63, 3.8) is 0 Å². The molecule has 0 amide bonds. The van der Waals surface area contributed by atoms with Crippen LogP contribution >= 0.6 is 11.6 Å². The van der Waals surface area contributed by atoms with Gasteiger partial charge in [-0.05, 0) is 55.6 Å². The van der Waals surface area contributed by atoms with E-state index < -0.39 is 0 Å². The van der Waals surface area contributed by atoms with Gasteiger partial charge in [-0.15, -0.1) is 0 Å². The van der Waals surface area contributed by atoms with Crippen LogP contribution in [0.2, 0.25) is 5.02 Å². The third-order valence-electron chi connectivity index (χ3n) is 3.51. The Morgan fingerprint density at radius 1 is 1.15 bits per heavy atom. The van der Waals surface area contributed by atoms with Crippen LogP contribution in [0.15, 0.2) is 48.5 Å². The fourth-order valence-electron chi connectivity index (χ4n) is 2.30. The second kappa shape index (κ2) is 7.41. The number of likely N-dealkylation sites (N-methyl/N-ethyl adjacent to an activating group) is 1. The lowest BCUT2D eigenvalue weighted by atomic mass is 9.99. The number of rotatable bonds is 6. The van der Waals surface area contributed by atoms with Crippen LogP contribution in [0, 0.1) is 5.82 Å². The van der Waals surface area contributed by atoms with E-state index in [1.165, 1.54) is 17.7 Å². The van der Waals surface area contributed by atoms with Gasteiger partial charge >= 0.3 is 0 Å². The van der Waals surface area contributed by atoms with Gasteiger partial charge < -0.3 is 5.32 Å². The van der Waals surface area contributed by atoms with E-state index >= 15 is 0 Å². The summed E-state index contributed by atoms with van der Waals surface area (Å²) >= 11 is 6.12. The molecular formula is C17H19ClFN. The summed E-state index contributed by atoms with van der Waals surface area (Å²) < 4.78 is 13.3. The molecule has 0 aliphatic rings. The molecule has 0 saturated heterocycles. The summed E-state index contributed by atoms with van der Waals surface area (Å²) in [5, 5.41) is 3.92. The van der Waals surface area contributed by atoms with Crippen LogP contribution in [0.3, 0.4) is 0 Å². The summed E-state index contributed by atoms with van der Waals surface area (Å²) in [6.07, 6.45) is 2.73. The van der Waals surface area contributed by atoms with Crippen molar-refractivity contribution >= 4 is 11.6 Å². The number of hydrogen-bond acceptors (Lipinski definition) is 1. The molecule has 0 aliphatic heterocycles. The van der Waals surface area contributed by atoms with Crippen LogP contribution in [0.4, 0.5) is 4.39 Å². The van der Waals surface area contributed by atoms with Crippen molar-refractivity contribution in [3.05, 3.63) is 70.5 Å². The van der Waals surface area contributed by atoms with Gasteiger partial charge in [0, 0.05) is 11.1 Å². The lowest BCUT2D eigenvalue weighted by Gasteiger charge is -2.17. The monoisotopic (exact) mass is 291 g/mol. The van der Waals surface area contributed by atoms with E-state index in [1.807, 2.05) is 25.2 Å². The largest absolute Gasteiger partial charge is 0.317 e. The normalized spacial score (nSPS) is 12.3. The Hall–Kier alpha value is -1.38. The SMILES string of the molecule is CNC(CCc1ccccc1)Cc1cc(F)ccc1Cl. The van der Waals surface area contributed by atoms with Crippen LogP contribution in [0.25, 0.3) is 0 Å². The molecule has 1 atom stereocenters. The number of hydrogen-bond donors (Lipinski definition) is 1. The molecular weight excluding hydrogens is 273 g/mol. The Morgan fingerprint density at radius 2 is 1.90 bits per heavy atom. The highest BCUT2D eigenvalue weighted by molar-refractivity contribution is 6.31. The Kier molecular flexibility index (Phi) is 5.57. The van der Waals surface area contributed by atoms with Crippen LogP contribution in [0.1, 0.15) is 17.5 Å². The van der Waals surface area contributed by atoms with Crippen LogP contribution in [-0.4, -0.2) is 13.1 Å². The number of benzene rings is 2. The Labute approximate surface area is 124 Å². The molecule has 0 aliphatic carbocycles. The topological polar surface area (TPSA) is 12.0 Å². The maximum atomic E-state index is 13.3. The molecule has 2 aromatic rings. The first kappa shape index (κ1) is 15.0. The molecule has 106 valence electrons. The number of nitrogens with one attached hydrogen (secondary N) is 1. The summed E-state index contributed by atoms with van der Waals surface area (Å²) in [5.41, 5.74) is 2.18. The molecule has 1 nitrogen and oxygen atoms in total. The van der Waals surface area contributed by atoms with E-state index in [2.05, 4.69) is 17.4 Å².